The summed E-state index contributed by atoms with van der Waals surface area (Å²) in [5, 5.41) is 13.1. The van der Waals surface area contributed by atoms with Crippen LogP contribution in [0.4, 0.5) is 0 Å². The van der Waals surface area contributed by atoms with Gasteiger partial charge in [-0.2, -0.15) is 0 Å². The standard InChI is InChI=1S/C18H19NO2/c1-12-5-4-6-13(9-12)10-17(21)19-18-15-8-3-2-7-14(15)11-16(18)20/h2-9,16,18,20H,10-11H2,1H3,(H,19,21)/t16-,18+/m0/s1. The zero-order valence-corrected chi connectivity index (χ0v) is 12.0. The van der Waals surface area contributed by atoms with Gasteiger partial charge in [0, 0.05) is 6.42 Å². The van der Waals surface area contributed by atoms with Crippen molar-refractivity contribution in [1.82, 2.24) is 5.32 Å². The third-order valence-corrected chi connectivity index (χ3v) is 3.97. The van der Waals surface area contributed by atoms with Gasteiger partial charge in [-0.3, -0.25) is 4.79 Å². The number of hydrogen-bond acceptors (Lipinski definition) is 2. The molecule has 3 nitrogen and oxygen atoms in total. The molecule has 2 aromatic carbocycles. The number of fused-ring (bicyclic) bond motifs is 1. The third kappa shape index (κ3) is 2.98. The molecule has 0 radical (unpaired) electrons. The lowest BCUT2D eigenvalue weighted by molar-refractivity contribution is -0.121. The second-order valence-electron chi connectivity index (χ2n) is 5.68. The Morgan fingerprint density at radius 3 is 2.86 bits per heavy atom. The Morgan fingerprint density at radius 1 is 1.24 bits per heavy atom. The van der Waals surface area contributed by atoms with Crippen LogP contribution in [0.25, 0.3) is 0 Å². The molecule has 108 valence electrons. The number of rotatable bonds is 3. The second-order valence-corrected chi connectivity index (χ2v) is 5.68. The summed E-state index contributed by atoms with van der Waals surface area (Å²) >= 11 is 0. The van der Waals surface area contributed by atoms with E-state index < -0.39 is 6.10 Å². The predicted octanol–water partition coefficient (Wildman–Crippen LogP) is 2.31. The monoisotopic (exact) mass is 281 g/mol. The predicted molar refractivity (Wildman–Crippen MR) is 81.9 cm³/mol. The van der Waals surface area contributed by atoms with Crippen LogP contribution in [0.3, 0.4) is 0 Å². The van der Waals surface area contributed by atoms with Crippen molar-refractivity contribution in [1.29, 1.82) is 0 Å². The van der Waals surface area contributed by atoms with Crippen LogP contribution >= 0.6 is 0 Å². The van der Waals surface area contributed by atoms with Gasteiger partial charge in [0.25, 0.3) is 0 Å². The van der Waals surface area contributed by atoms with Gasteiger partial charge in [-0.05, 0) is 23.6 Å². The van der Waals surface area contributed by atoms with Crippen molar-refractivity contribution in [2.45, 2.75) is 31.9 Å². The van der Waals surface area contributed by atoms with Gasteiger partial charge in [-0.25, -0.2) is 0 Å². The average Bonchev–Trinajstić information content (AvgIpc) is 2.75. The van der Waals surface area contributed by atoms with E-state index in [1.165, 1.54) is 0 Å². The number of aliphatic hydroxyl groups excluding tert-OH is 1. The minimum atomic E-state index is -0.538. The van der Waals surface area contributed by atoms with Gasteiger partial charge in [-0.1, -0.05) is 54.1 Å². The van der Waals surface area contributed by atoms with Crippen LogP contribution in [0, 0.1) is 6.92 Å². The first-order valence-electron chi connectivity index (χ1n) is 7.24. The fourth-order valence-electron chi connectivity index (χ4n) is 2.98. The van der Waals surface area contributed by atoms with Crippen LogP contribution in [-0.2, 0) is 17.6 Å². The van der Waals surface area contributed by atoms with Crippen molar-refractivity contribution in [2.75, 3.05) is 0 Å². The maximum atomic E-state index is 12.2. The van der Waals surface area contributed by atoms with E-state index in [0.29, 0.717) is 12.8 Å². The second kappa shape index (κ2) is 5.70. The van der Waals surface area contributed by atoms with Crippen molar-refractivity contribution < 1.29 is 9.90 Å². The van der Waals surface area contributed by atoms with E-state index >= 15 is 0 Å². The van der Waals surface area contributed by atoms with Crippen LogP contribution in [0.5, 0.6) is 0 Å². The molecule has 2 atom stereocenters. The highest BCUT2D eigenvalue weighted by atomic mass is 16.3. The molecule has 0 fully saturated rings. The number of amides is 1. The molecule has 0 saturated carbocycles. The van der Waals surface area contributed by atoms with Crippen LogP contribution in [0.2, 0.25) is 0 Å². The SMILES string of the molecule is Cc1cccc(CC(=O)N[C@@H]2c3ccccc3C[C@@H]2O)c1. The topological polar surface area (TPSA) is 49.3 Å². The van der Waals surface area contributed by atoms with Crippen molar-refractivity contribution >= 4 is 5.91 Å². The van der Waals surface area contributed by atoms with E-state index in [9.17, 15) is 9.90 Å². The van der Waals surface area contributed by atoms with Crippen molar-refractivity contribution in [3.63, 3.8) is 0 Å². The van der Waals surface area contributed by atoms with E-state index in [4.69, 9.17) is 0 Å². The van der Waals surface area contributed by atoms with Gasteiger partial charge in [0.15, 0.2) is 0 Å². The largest absolute Gasteiger partial charge is 0.390 e. The summed E-state index contributed by atoms with van der Waals surface area (Å²) in [5.74, 6) is -0.0543. The summed E-state index contributed by atoms with van der Waals surface area (Å²) in [6, 6.07) is 15.5. The fourth-order valence-corrected chi connectivity index (χ4v) is 2.98. The van der Waals surface area contributed by atoms with Crippen LogP contribution in [-0.4, -0.2) is 17.1 Å². The molecule has 2 aromatic rings. The highest BCUT2D eigenvalue weighted by molar-refractivity contribution is 5.79. The molecular weight excluding hydrogens is 262 g/mol. The Balaban J connectivity index is 1.70. The summed E-state index contributed by atoms with van der Waals surface area (Å²) in [4.78, 5) is 12.2. The number of nitrogens with one attached hydrogen (secondary N) is 1. The zero-order valence-electron chi connectivity index (χ0n) is 12.0. The Labute approximate surface area is 124 Å². The van der Waals surface area contributed by atoms with E-state index in [1.807, 2.05) is 55.5 Å². The molecule has 1 aliphatic carbocycles. The van der Waals surface area contributed by atoms with Crippen LogP contribution in [0.1, 0.15) is 28.3 Å². The van der Waals surface area contributed by atoms with E-state index in [0.717, 1.165) is 22.3 Å². The van der Waals surface area contributed by atoms with Gasteiger partial charge in [0.2, 0.25) is 5.91 Å². The maximum absolute atomic E-state index is 12.2. The number of aliphatic hydroxyl groups is 1. The molecule has 1 aliphatic rings. The molecule has 3 heteroatoms. The number of carbonyl (C=O) groups is 1. The lowest BCUT2D eigenvalue weighted by Crippen LogP contribution is -2.34. The van der Waals surface area contributed by atoms with E-state index in [2.05, 4.69) is 5.32 Å². The highest BCUT2D eigenvalue weighted by Crippen LogP contribution is 2.31. The van der Waals surface area contributed by atoms with E-state index in [1.54, 1.807) is 0 Å². The smallest absolute Gasteiger partial charge is 0.224 e. The first kappa shape index (κ1) is 13.8. The number of carbonyl (C=O) groups excluding carboxylic acids is 1. The highest BCUT2D eigenvalue weighted by Gasteiger charge is 2.31. The molecule has 0 unspecified atom stereocenters. The Hall–Kier alpha value is -2.13. The molecule has 2 N–H and O–H groups in total. The summed E-state index contributed by atoms with van der Waals surface area (Å²) < 4.78 is 0. The van der Waals surface area contributed by atoms with Crippen molar-refractivity contribution in [2.24, 2.45) is 0 Å². The molecule has 3 rings (SSSR count). The van der Waals surface area contributed by atoms with E-state index in [-0.39, 0.29) is 11.9 Å². The molecule has 0 spiro atoms. The molecule has 0 aliphatic heterocycles. The van der Waals surface area contributed by atoms with Gasteiger partial charge in [0.1, 0.15) is 0 Å². The van der Waals surface area contributed by atoms with Gasteiger partial charge < -0.3 is 10.4 Å². The van der Waals surface area contributed by atoms with Gasteiger partial charge in [-0.15, -0.1) is 0 Å². The van der Waals surface area contributed by atoms with Crippen molar-refractivity contribution in [3.05, 3.63) is 70.8 Å². The minimum absolute atomic E-state index is 0.0543. The van der Waals surface area contributed by atoms with Crippen LogP contribution in [0.15, 0.2) is 48.5 Å². The lowest BCUT2D eigenvalue weighted by atomic mass is 10.1. The van der Waals surface area contributed by atoms with Crippen LogP contribution < -0.4 is 5.32 Å². The Kier molecular flexibility index (Phi) is 3.76. The lowest BCUT2D eigenvalue weighted by Gasteiger charge is -2.18. The molecule has 1 amide bonds. The van der Waals surface area contributed by atoms with Gasteiger partial charge in [0.05, 0.1) is 18.6 Å². The Bertz CT molecular complexity index is 666. The summed E-state index contributed by atoms with van der Waals surface area (Å²) in [7, 11) is 0. The molecule has 21 heavy (non-hydrogen) atoms. The molecule has 0 heterocycles. The molecule has 0 bridgehead atoms. The van der Waals surface area contributed by atoms with Crippen molar-refractivity contribution in [3.8, 4) is 0 Å². The Morgan fingerprint density at radius 2 is 2.05 bits per heavy atom. The summed E-state index contributed by atoms with van der Waals surface area (Å²) in [5.41, 5.74) is 4.29. The normalized spacial score (nSPS) is 20.1. The first-order chi connectivity index (χ1) is 10.1. The zero-order chi connectivity index (χ0) is 14.8. The quantitative estimate of drug-likeness (QED) is 0.907. The first-order valence-corrected chi connectivity index (χ1v) is 7.24. The molecular formula is C18H19NO2. The average molecular weight is 281 g/mol. The number of hydrogen-bond donors (Lipinski definition) is 2. The van der Waals surface area contributed by atoms with Gasteiger partial charge >= 0.3 is 0 Å². The summed E-state index contributed by atoms with van der Waals surface area (Å²) in [6.45, 7) is 2.01. The maximum Gasteiger partial charge on any atom is 0.224 e. The molecule has 0 saturated heterocycles. The molecule has 0 aromatic heterocycles. The number of benzene rings is 2. The summed E-state index contributed by atoms with van der Waals surface area (Å²) in [6.07, 6.45) is 0.405. The minimum Gasteiger partial charge on any atom is -0.390 e. The fraction of sp³-hybridized carbons (Fsp3) is 0.278. The number of aryl methyl sites for hydroxylation is 1. The third-order valence-electron chi connectivity index (χ3n) is 3.97.